The van der Waals surface area contributed by atoms with E-state index in [1.165, 1.54) is 25.7 Å². The summed E-state index contributed by atoms with van der Waals surface area (Å²) in [4.78, 5) is 12.3. The van der Waals surface area contributed by atoms with Gasteiger partial charge in [-0.15, -0.1) is 0 Å². The summed E-state index contributed by atoms with van der Waals surface area (Å²) in [5.74, 6) is 0.730. The summed E-state index contributed by atoms with van der Waals surface area (Å²) < 4.78 is 5.77. The second-order valence-electron chi connectivity index (χ2n) is 7.44. The van der Waals surface area contributed by atoms with Crippen molar-refractivity contribution in [3.8, 4) is 5.75 Å². The number of nitrogens with one attached hydrogen (secondary N) is 1. The molecule has 0 aliphatic rings. The van der Waals surface area contributed by atoms with E-state index in [0.717, 1.165) is 40.7 Å². The van der Waals surface area contributed by atoms with Crippen LogP contribution in [0.1, 0.15) is 50.2 Å². The predicted molar refractivity (Wildman–Crippen MR) is 124 cm³/mol. The fourth-order valence-electron chi connectivity index (χ4n) is 3.38. The molecule has 30 heavy (non-hydrogen) atoms. The minimum Gasteiger partial charge on any atom is -0.494 e. The number of unbranched alkanes of at least 4 members (excludes halogenated alkanes) is 4. The van der Waals surface area contributed by atoms with Gasteiger partial charge in [0.05, 0.1) is 19.2 Å². The molecule has 0 aromatic heterocycles. The Morgan fingerprint density at radius 2 is 1.70 bits per heavy atom. The number of ether oxygens (including phenoxy) is 1. The molecule has 3 aromatic carbocycles. The summed E-state index contributed by atoms with van der Waals surface area (Å²) in [6.07, 6.45) is 8.09. The highest BCUT2D eigenvalue weighted by Gasteiger charge is 2.05. The van der Waals surface area contributed by atoms with E-state index >= 15 is 0 Å². The second kappa shape index (κ2) is 11.8. The zero-order valence-electron chi connectivity index (χ0n) is 17.6. The number of hydrazone groups is 1. The van der Waals surface area contributed by atoms with Gasteiger partial charge in [-0.1, -0.05) is 75.1 Å². The molecule has 156 valence electrons. The van der Waals surface area contributed by atoms with E-state index in [-0.39, 0.29) is 5.91 Å². The molecule has 0 saturated heterocycles. The molecule has 0 aliphatic heterocycles. The maximum atomic E-state index is 12.3. The van der Waals surface area contributed by atoms with Crippen molar-refractivity contribution in [2.45, 2.75) is 45.4 Å². The van der Waals surface area contributed by atoms with Gasteiger partial charge in [-0.2, -0.15) is 5.10 Å². The molecule has 0 fully saturated rings. The van der Waals surface area contributed by atoms with Crippen molar-refractivity contribution in [1.82, 2.24) is 5.43 Å². The summed E-state index contributed by atoms with van der Waals surface area (Å²) in [5, 5.41) is 6.32. The zero-order valence-corrected chi connectivity index (χ0v) is 17.6. The third-order valence-electron chi connectivity index (χ3n) is 5.03. The van der Waals surface area contributed by atoms with E-state index < -0.39 is 0 Å². The van der Waals surface area contributed by atoms with Crippen molar-refractivity contribution < 1.29 is 9.53 Å². The molecule has 3 aromatic rings. The first kappa shape index (κ1) is 21.6. The van der Waals surface area contributed by atoms with E-state index in [1.54, 1.807) is 6.21 Å². The van der Waals surface area contributed by atoms with Gasteiger partial charge in [-0.05, 0) is 52.6 Å². The van der Waals surface area contributed by atoms with Crippen LogP contribution in [0.3, 0.4) is 0 Å². The lowest BCUT2D eigenvalue weighted by atomic mass is 10.0. The average Bonchev–Trinajstić information content (AvgIpc) is 2.77. The number of carbonyl (C=O) groups excluding carboxylic acids is 1. The molecule has 0 unspecified atom stereocenters. The smallest absolute Gasteiger partial charge is 0.244 e. The second-order valence-corrected chi connectivity index (χ2v) is 7.44. The molecule has 0 radical (unpaired) electrons. The third-order valence-corrected chi connectivity index (χ3v) is 5.03. The summed E-state index contributed by atoms with van der Waals surface area (Å²) in [7, 11) is 0. The van der Waals surface area contributed by atoms with Crippen LogP contribution in [0.25, 0.3) is 10.8 Å². The lowest BCUT2D eigenvalue weighted by Crippen LogP contribution is -2.19. The number of hydrogen-bond acceptors (Lipinski definition) is 3. The molecule has 0 aliphatic carbocycles. The number of hydrogen-bond donors (Lipinski definition) is 1. The first-order chi connectivity index (χ1) is 14.8. The SMILES string of the molecule is CCCCCCCOc1ccc(/C=N/NC(=O)Cc2cccc3ccccc23)cc1. The first-order valence-corrected chi connectivity index (χ1v) is 10.8. The standard InChI is InChI=1S/C26H30N2O2/c1-2-3-4-5-8-18-30-24-16-14-21(15-17-24)20-27-28-26(29)19-23-12-9-11-22-10-6-7-13-25(22)23/h6-7,9-17,20H,2-5,8,18-19H2,1H3,(H,28,29)/b27-20+. The molecule has 0 saturated carbocycles. The summed E-state index contributed by atoms with van der Waals surface area (Å²) in [6, 6.07) is 21.8. The summed E-state index contributed by atoms with van der Waals surface area (Å²) in [6.45, 7) is 2.97. The van der Waals surface area contributed by atoms with Crippen LogP contribution in [-0.2, 0) is 11.2 Å². The Kier molecular flexibility index (Phi) is 8.46. The Morgan fingerprint density at radius 3 is 2.53 bits per heavy atom. The molecule has 0 bridgehead atoms. The Balaban J connectivity index is 1.44. The van der Waals surface area contributed by atoms with Crippen molar-refractivity contribution in [2.75, 3.05) is 6.61 Å². The van der Waals surface area contributed by atoms with Crippen LogP contribution in [0.5, 0.6) is 5.75 Å². The summed E-state index contributed by atoms with van der Waals surface area (Å²) >= 11 is 0. The van der Waals surface area contributed by atoms with Gasteiger partial charge in [0, 0.05) is 0 Å². The molecule has 4 nitrogen and oxygen atoms in total. The van der Waals surface area contributed by atoms with E-state index in [9.17, 15) is 4.79 Å². The minimum atomic E-state index is -0.134. The Labute approximate surface area is 179 Å². The van der Waals surface area contributed by atoms with Crippen LogP contribution < -0.4 is 10.2 Å². The van der Waals surface area contributed by atoms with Crippen LogP contribution in [-0.4, -0.2) is 18.7 Å². The van der Waals surface area contributed by atoms with Gasteiger partial charge in [0.2, 0.25) is 5.91 Å². The molecule has 3 rings (SSSR count). The minimum absolute atomic E-state index is 0.134. The fraction of sp³-hybridized carbons (Fsp3) is 0.308. The van der Waals surface area contributed by atoms with Crippen LogP contribution >= 0.6 is 0 Å². The molecule has 0 spiro atoms. The van der Waals surface area contributed by atoms with E-state index in [4.69, 9.17) is 4.74 Å². The fourth-order valence-corrected chi connectivity index (χ4v) is 3.38. The number of amides is 1. The lowest BCUT2D eigenvalue weighted by molar-refractivity contribution is -0.120. The van der Waals surface area contributed by atoms with Gasteiger partial charge in [0.15, 0.2) is 0 Å². The van der Waals surface area contributed by atoms with Crippen LogP contribution in [0, 0.1) is 0 Å². The average molecular weight is 403 g/mol. The number of rotatable bonds is 11. The van der Waals surface area contributed by atoms with Crippen LogP contribution in [0.4, 0.5) is 0 Å². The topological polar surface area (TPSA) is 50.7 Å². The molecular formula is C26H30N2O2. The van der Waals surface area contributed by atoms with Crippen molar-refractivity contribution >= 4 is 22.9 Å². The Bertz CT molecular complexity index is 959. The Hall–Kier alpha value is -3.14. The van der Waals surface area contributed by atoms with E-state index in [1.807, 2.05) is 54.6 Å². The molecule has 0 heterocycles. The van der Waals surface area contributed by atoms with E-state index in [0.29, 0.717) is 6.42 Å². The zero-order chi connectivity index (χ0) is 21.0. The first-order valence-electron chi connectivity index (χ1n) is 10.8. The van der Waals surface area contributed by atoms with Crippen molar-refractivity contribution in [3.05, 3.63) is 77.9 Å². The van der Waals surface area contributed by atoms with Crippen molar-refractivity contribution in [2.24, 2.45) is 5.10 Å². The third kappa shape index (κ3) is 6.73. The summed E-state index contributed by atoms with van der Waals surface area (Å²) in [5.41, 5.74) is 4.53. The van der Waals surface area contributed by atoms with Crippen LogP contribution in [0.2, 0.25) is 0 Å². The van der Waals surface area contributed by atoms with Gasteiger partial charge >= 0.3 is 0 Å². The van der Waals surface area contributed by atoms with Crippen molar-refractivity contribution in [3.63, 3.8) is 0 Å². The number of nitrogens with zero attached hydrogens (tertiary/aromatic N) is 1. The number of carbonyl (C=O) groups is 1. The van der Waals surface area contributed by atoms with Crippen molar-refractivity contribution in [1.29, 1.82) is 0 Å². The monoisotopic (exact) mass is 402 g/mol. The highest BCUT2D eigenvalue weighted by Crippen LogP contribution is 2.18. The number of fused-ring (bicyclic) bond motifs is 1. The molecule has 4 heteroatoms. The molecule has 1 amide bonds. The van der Waals surface area contributed by atoms with Gasteiger partial charge in [-0.25, -0.2) is 5.43 Å². The highest BCUT2D eigenvalue weighted by atomic mass is 16.5. The van der Waals surface area contributed by atoms with Gasteiger partial charge in [0.1, 0.15) is 5.75 Å². The quantitative estimate of drug-likeness (QED) is 0.247. The lowest BCUT2D eigenvalue weighted by Gasteiger charge is -2.06. The van der Waals surface area contributed by atoms with Gasteiger partial charge in [0.25, 0.3) is 0 Å². The van der Waals surface area contributed by atoms with Gasteiger partial charge in [-0.3, -0.25) is 4.79 Å². The molecule has 1 N–H and O–H groups in total. The maximum Gasteiger partial charge on any atom is 0.244 e. The predicted octanol–water partition coefficient (Wildman–Crippen LogP) is 5.88. The normalized spacial score (nSPS) is 11.1. The molecule has 0 atom stereocenters. The maximum absolute atomic E-state index is 12.3. The highest BCUT2D eigenvalue weighted by molar-refractivity contribution is 5.90. The largest absolute Gasteiger partial charge is 0.494 e. The van der Waals surface area contributed by atoms with Crippen LogP contribution in [0.15, 0.2) is 71.8 Å². The van der Waals surface area contributed by atoms with Gasteiger partial charge < -0.3 is 4.74 Å². The van der Waals surface area contributed by atoms with E-state index in [2.05, 4.69) is 29.6 Å². The Morgan fingerprint density at radius 1 is 0.933 bits per heavy atom. The number of benzene rings is 3. The molecular weight excluding hydrogens is 372 g/mol.